The predicted molar refractivity (Wildman–Crippen MR) is 85.9 cm³/mol. The second-order valence-electron chi connectivity index (χ2n) is 5.15. The zero-order chi connectivity index (χ0) is 14.9. The van der Waals surface area contributed by atoms with Crippen LogP contribution in [0.25, 0.3) is 0 Å². The fraction of sp³-hybridized carbons (Fsp3) is 0.533. The highest BCUT2D eigenvalue weighted by atomic mass is 35.5. The highest BCUT2D eigenvalue weighted by molar-refractivity contribution is 6.30. The van der Waals surface area contributed by atoms with Crippen LogP contribution in [0.4, 0.5) is 4.79 Å². The Morgan fingerprint density at radius 2 is 1.81 bits per heavy atom. The van der Waals surface area contributed by atoms with Gasteiger partial charge >= 0.3 is 6.03 Å². The van der Waals surface area contributed by atoms with E-state index >= 15 is 0 Å². The molecule has 2 amide bonds. The average molecular weight is 311 g/mol. The van der Waals surface area contributed by atoms with Gasteiger partial charge in [-0.15, -0.1) is 0 Å². The molecule has 1 aliphatic heterocycles. The van der Waals surface area contributed by atoms with Gasteiger partial charge in [0.15, 0.2) is 0 Å². The summed E-state index contributed by atoms with van der Waals surface area (Å²) in [5, 5.41) is 9.81. The Bertz CT molecular complexity index is 432. The molecule has 0 bridgehead atoms. The van der Waals surface area contributed by atoms with E-state index in [4.69, 9.17) is 11.6 Å². The van der Waals surface area contributed by atoms with Crippen LogP contribution in [-0.2, 0) is 6.42 Å². The minimum Gasteiger partial charge on any atom is -0.338 e. The predicted octanol–water partition coefficient (Wildman–Crippen LogP) is 1.09. The van der Waals surface area contributed by atoms with Gasteiger partial charge < -0.3 is 16.0 Å². The summed E-state index contributed by atoms with van der Waals surface area (Å²) in [6.07, 6.45) is 0.808. The van der Waals surface area contributed by atoms with Gasteiger partial charge in [-0.3, -0.25) is 4.90 Å². The van der Waals surface area contributed by atoms with Crippen molar-refractivity contribution in [3.8, 4) is 0 Å². The topological polar surface area (TPSA) is 56.4 Å². The van der Waals surface area contributed by atoms with Crippen LogP contribution in [0.5, 0.6) is 0 Å². The zero-order valence-corrected chi connectivity index (χ0v) is 13.0. The summed E-state index contributed by atoms with van der Waals surface area (Å²) in [7, 11) is 0. The maximum absolute atomic E-state index is 11.7. The molecule has 1 aromatic carbocycles. The van der Waals surface area contributed by atoms with Crippen molar-refractivity contribution >= 4 is 17.6 Å². The van der Waals surface area contributed by atoms with E-state index in [2.05, 4.69) is 20.9 Å². The summed E-state index contributed by atoms with van der Waals surface area (Å²) in [6, 6.07) is 7.59. The Morgan fingerprint density at radius 3 is 2.52 bits per heavy atom. The third-order valence-electron chi connectivity index (χ3n) is 3.54. The van der Waals surface area contributed by atoms with Crippen LogP contribution in [0.2, 0.25) is 5.02 Å². The minimum atomic E-state index is -0.0981. The van der Waals surface area contributed by atoms with Crippen molar-refractivity contribution in [1.29, 1.82) is 0 Å². The smallest absolute Gasteiger partial charge is 0.314 e. The lowest BCUT2D eigenvalue weighted by molar-refractivity contribution is 0.227. The quantitative estimate of drug-likeness (QED) is 0.737. The number of nitrogens with one attached hydrogen (secondary N) is 3. The molecule has 1 aromatic rings. The Hall–Kier alpha value is -1.30. The highest BCUT2D eigenvalue weighted by Gasteiger charge is 2.09. The van der Waals surface area contributed by atoms with E-state index < -0.39 is 0 Å². The molecule has 1 saturated heterocycles. The molecule has 5 nitrogen and oxygen atoms in total. The van der Waals surface area contributed by atoms with Crippen molar-refractivity contribution in [2.75, 3.05) is 45.8 Å². The molecule has 0 saturated carbocycles. The molecule has 1 fully saturated rings. The minimum absolute atomic E-state index is 0.0981. The van der Waals surface area contributed by atoms with Gasteiger partial charge in [0.2, 0.25) is 0 Å². The van der Waals surface area contributed by atoms with Crippen LogP contribution in [-0.4, -0.2) is 56.7 Å². The number of hydrogen-bond donors (Lipinski definition) is 3. The first-order valence-corrected chi connectivity index (χ1v) is 7.81. The zero-order valence-electron chi connectivity index (χ0n) is 12.2. The molecular weight excluding hydrogens is 288 g/mol. The summed E-state index contributed by atoms with van der Waals surface area (Å²) in [6.45, 7) is 6.40. The summed E-state index contributed by atoms with van der Waals surface area (Å²) >= 11 is 5.83. The van der Waals surface area contributed by atoms with Crippen molar-refractivity contribution in [2.24, 2.45) is 0 Å². The highest BCUT2D eigenvalue weighted by Crippen LogP contribution is 2.09. The van der Waals surface area contributed by atoms with Gasteiger partial charge in [-0.1, -0.05) is 23.7 Å². The lowest BCUT2D eigenvalue weighted by Crippen LogP contribution is -2.47. The number of piperazine rings is 1. The Labute approximate surface area is 131 Å². The van der Waals surface area contributed by atoms with Crippen molar-refractivity contribution in [3.05, 3.63) is 34.9 Å². The number of hydrogen-bond acceptors (Lipinski definition) is 3. The van der Waals surface area contributed by atoms with Crippen molar-refractivity contribution in [1.82, 2.24) is 20.9 Å². The van der Waals surface area contributed by atoms with Gasteiger partial charge in [0, 0.05) is 50.8 Å². The third kappa shape index (κ3) is 6.33. The molecule has 0 aliphatic carbocycles. The van der Waals surface area contributed by atoms with E-state index in [1.807, 2.05) is 24.3 Å². The number of amides is 2. The third-order valence-corrected chi connectivity index (χ3v) is 3.79. The van der Waals surface area contributed by atoms with Gasteiger partial charge in [0.05, 0.1) is 0 Å². The molecule has 0 aromatic heterocycles. The van der Waals surface area contributed by atoms with E-state index in [0.717, 1.165) is 44.2 Å². The van der Waals surface area contributed by atoms with E-state index in [-0.39, 0.29) is 6.03 Å². The summed E-state index contributed by atoms with van der Waals surface area (Å²) in [5.41, 5.74) is 1.17. The molecule has 1 aliphatic rings. The molecular formula is C15H23ClN4O. The fourth-order valence-corrected chi connectivity index (χ4v) is 2.42. The molecule has 6 heteroatoms. The molecule has 0 atom stereocenters. The Morgan fingerprint density at radius 1 is 1.14 bits per heavy atom. The van der Waals surface area contributed by atoms with Crippen molar-refractivity contribution in [3.63, 3.8) is 0 Å². The number of benzene rings is 1. The van der Waals surface area contributed by atoms with Gasteiger partial charge in [-0.2, -0.15) is 0 Å². The molecule has 0 spiro atoms. The van der Waals surface area contributed by atoms with E-state index in [9.17, 15) is 4.79 Å². The normalized spacial score (nSPS) is 15.7. The maximum Gasteiger partial charge on any atom is 0.314 e. The van der Waals surface area contributed by atoms with Crippen molar-refractivity contribution < 1.29 is 4.79 Å². The number of halogens is 1. The van der Waals surface area contributed by atoms with E-state index in [1.165, 1.54) is 5.56 Å². The molecule has 1 heterocycles. The van der Waals surface area contributed by atoms with Gasteiger partial charge in [-0.05, 0) is 24.1 Å². The molecule has 2 rings (SSSR count). The molecule has 116 valence electrons. The number of rotatable bonds is 6. The van der Waals surface area contributed by atoms with E-state index in [1.54, 1.807) is 0 Å². The number of urea groups is 1. The lowest BCUT2D eigenvalue weighted by Gasteiger charge is -2.27. The van der Waals surface area contributed by atoms with Crippen LogP contribution in [0.3, 0.4) is 0 Å². The van der Waals surface area contributed by atoms with Crippen LogP contribution in [0, 0.1) is 0 Å². The first-order chi connectivity index (χ1) is 10.2. The fourth-order valence-electron chi connectivity index (χ4n) is 2.30. The molecule has 0 unspecified atom stereocenters. The number of carbonyl (C=O) groups is 1. The lowest BCUT2D eigenvalue weighted by atomic mass is 10.1. The van der Waals surface area contributed by atoms with E-state index in [0.29, 0.717) is 13.1 Å². The SMILES string of the molecule is O=C(NCCc1ccc(Cl)cc1)NCCN1CCNCC1. The number of nitrogens with zero attached hydrogens (tertiary/aromatic N) is 1. The molecule has 21 heavy (non-hydrogen) atoms. The molecule has 3 N–H and O–H groups in total. The standard InChI is InChI=1S/C15H23ClN4O/c16-14-3-1-13(2-4-14)5-6-18-15(21)19-9-12-20-10-7-17-8-11-20/h1-4,17H,5-12H2,(H2,18,19,21). The summed E-state index contributed by atoms with van der Waals surface area (Å²) < 4.78 is 0. The first kappa shape index (κ1) is 16.1. The largest absolute Gasteiger partial charge is 0.338 e. The van der Waals surface area contributed by atoms with Gasteiger partial charge in [0.1, 0.15) is 0 Å². The Balaban J connectivity index is 1.54. The first-order valence-electron chi connectivity index (χ1n) is 7.43. The van der Waals surface area contributed by atoms with Crippen LogP contribution < -0.4 is 16.0 Å². The summed E-state index contributed by atoms with van der Waals surface area (Å²) in [5.74, 6) is 0. The van der Waals surface area contributed by atoms with Gasteiger partial charge in [0.25, 0.3) is 0 Å². The second-order valence-corrected chi connectivity index (χ2v) is 5.59. The van der Waals surface area contributed by atoms with Gasteiger partial charge in [-0.25, -0.2) is 4.79 Å². The van der Waals surface area contributed by atoms with Crippen molar-refractivity contribution in [2.45, 2.75) is 6.42 Å². The Kier molecular flexibility index (Phi) is 6.79. The van der Waals surface area contributed by atoms with Crippen LogP contribution in [0.1, 0.15) is 5.56 Å². The molecule has 0 radical (unpaired) electrons. The second kappa shape index (κ2) is 8.87. The van der Waals surface area contributed by atoms with Crippen LogP contribution >= 0.6 is 11.6 Å². The monoisotopic (exact) mass is 310 g/mol. The summed E-state index contributed by atoms with van der Waals surface area (Å²) in [4.78, 5) is 14.0. The average Bonchev–Trinajstić information content (AvgIpc) is 2.50. The maximum atomic E-state index is 11.7. The van der Waals surface area contributed by atoms with Crippen LogP contribution in [0.15, 0.2) is 24.3 Å². The number of carbonyl (C=O) groups excluding carboxylic acids is 1.